The number of hydrogen-bond donors (Lipinski definition) is 2. The number of halogens is 2. The molecule has 2 rings (SSSR count). The van der Waals surface area contributed by atoms with Crippen LogP contribution in [0.2, 0.25) is 0 Å². The van der Waals surface area contributed by atoms with Gasteiger partial charge in [0.1, 0.15) is 17.3 Å². The molecule has 0 saturated carbocycles. The van der Waals surface area contributed by atoms with Crippen molar-refractivity contribution in [1.29, 1.82) is 0 Å². The molecule has 3 N–H and O–H groups in total. The Kier molecular flexibility index (Phi) is 4.54. The summed E-state index contributed by atoms with van der Waals surface area (Å²) in [5, 5.41) is 0. The fourth-order valence-corrected chi connectivity index (χ4v) is 2.87. The molecule has 0 bridgehead atoms. The van der Waals surface area contributed by atoms with E-state index in [1.54, 1.807) is 12.1 Å². The molecule has 112 valence electrons. The minimum Gasteiger partial charge on any atom is -0.330 e. The number of para-hydroxylation sites is 1. The lowest BCUT2D eigenvalue weighted by atomic mass is 10.2. The lowest BCUT2D eigenvalue weighted by Gasteiger charge is -2.10. The molecule has 2 aromatic rings. The first kappa shape index (κ1) is 15.4. The Balaban J connectivity index is 2.30. The van der Waals surface area contributed by atoms with Crippen molar-refractivity contribution in [2.75, 3.05) is 11.3 Å². The van der Waals surface area contributed by atoms with Gasteiger partial charge in [-0.1, -0.05) is 18.2 Å². The summed E-state index contributed by atoms with van der Waals surface area (Å²) in [6.45, 7) is 0.449. The van der Waals surface area contributed by atoms with Gasteiger partial charge >= 0.3 is 0 Å². The quantitative estimate of drug-likeness (QED) is 0.889. The summed E-state index contributed by atoms with van der Waals surface area (Å²) < 4.78 is 53.1. The summed E-state index contributed by atoms with van der Waals surface area (Å²) in [6, 6.07) is 9.07. The van der Waals surface area contributed by atoms with E-state index in [0.717, 1.165) is 23.8 Å². The minimum absolute atomic E-state index is 0.0778. The van der Waals surface area contributed by atoms with Gasteiger partial charge in [-0.3, -0.25) is 4.72 Å². The standard InChI is InChI=1S/C14H14F2N2O2S/c15-12-2-1-3-13(16)14(12)18-21(19,20)11-6-4-10(5-7-11)8-9-17/h1-7,18H,8-9,17H2. The van der Waals surface area contributed by atoms with Crippen molar-refractivity contribution in [2.24, 2.45) is 5.73 Å². The molecule has 0 aliphatic heterocycles. The van der Waals surface area contributed by atoms with Crippen molar-refractivity contribution in [3.05, 3.63) is 59.7 Å². The molecule has 0 fully saturated rings. The topological polar surface area (TPSA) is 72.2 Å². The average molecular weight is 312 g/mol. The highest BCUT2D eigenvalue weighted by atomic mass is 32.2. The zero-order valence-corrected chi connectivity index (χ0v) is 11.8. The molecule has 0 radical (unpaired) electrons. The first-order valence-electron chi connectivity index (χ1n) is 6.20. The maximum absolute atomic E-state index is 13.5. The molecule has 0 aliphatic rings. The molecule has 0 atom stereocenters. The Bertz CT molecular complexity index is 711. The Morgan fingerprint density at radius 1 is 1.00 bits per heavy atom. The van der Waals surface area contributed by atoms with Crippen molar-refractivity contribution in [3.63, 3.8) is 0 Å². The highest BCUT2D eigenvalue weighted by molar-refractivity contribution is 7.92. The van der Waals surface area contributed by atoms with Crippen LogP contribution in [-0.4, -0.2) is 15.0 Å². The molecule has 0 saturated heterocycles. The average Bonchev–Trinajstić information content (AvgIpc) is 2.44. The second-order valence-electron chi connectivity index (χ2n) is 4.38. The van der Waals surface area contributed by atoms with E-state index in [1.807, 2.05) is 4.72 Å². The number of nitrogens with one attached hydrogen (secondary N) is 1. The molecule has 0 amide bonds. The van der Waals surface area contributed by atoms with Crippen LogP contribution in [0, 0.1) is 11.6 Å². The van der Waals surface area contributed by atoms with Crippen LogP contribution in [0.25, 0.3) is 0 Å². The summed E-state index contributed by atoms with van der Waals surface area (Å²) in [4.78, 5) is -0.0778. The molecule has 0 aliphatic carbocycles. The van der Waals surface area contributed by atoms with Gasteiger partial charge in [0.05, 0.1) is 4.90 Å². The van der Waals surface area contributed by atoms with Crippen molar-refractivity contribution in [1.82, 2.24) is 0 Å². The fourth-order valence-electron chi connectivity index (χ4n) is 1.79. The highest BCUT2D eigenvalue weighted by Crippen LogP contribution is 2.22. The first-order chi connectivity index (χ1) is 9.94. The zero-order valence-electron chi connectivity index (χ0n) is 11.0. The van der Waals surface area contributed by atoms with Gasteiger partial charge in [0, 0.05) is 0 Å². The zero-order chi connectivity index (χ0) is 15.5. The van der Waals surface area contributed by atoms with Gasteiger partial charge in [-0.2, -0.15) is 0 Å². The third kappa shape index (κ3) is 3.56. The third-order valence-corrected chi connectivity index (χ3v) is 4.23. The lowest BCUT2D eigenvalue weighted by molar-refractivity contribution is 0.583. The fraction of sp³-hybridized carbons (Fsp3) is 0.143. The van der Waals surface area contributed by atoms with Gasteiger partial charge in [0.15, 0.2) is 0 Å². The number of benzene rings is 2. The summed E-state index contributed by atoms with van der Waals surface area (Å²) in [5.74, 6) is -1.95. The normalized spacial score (nSPS) is 11.4. The third-order valence-electron chi connectivity index (χ3n) is 2.87. The van der Waals surface area contributed by atoms with E-state index < -0.39 is 27.3 Å². The number of hydrogen-bond acceptors (Lipinski definition) is 3. The Labute approximate surface area is 121 Å². The lowest BCUT2D eigenvalue weighted by Crippen LogP contribution is -2.15. The Morgan fingerprint density at radius 3 is 2.10 bits per heavy atom. The first-order valence-corrected chi connectivity index (χ1v) is 7.68. The van der Waals surface area contributed by atoms with E-state index in [-0.39, 0.29) is 4.90 Å². The van der Waals surface area contributed by atoms with Crippen LogP contribution in [0.3, 0.4) is 0 Å². The maximum Gasteiger partial charge on any atom is 0.262 e. The number of nitrogens with two attached hydrogens (primary N) is 1. The number of sulfonamides is 1. The smallest absolute Gasteiger partial charge is 0.262 e. The van der Waals surface area contributed by atoms with Crippen molar-refractivity contribution < 1.29 is 17.2 Å². The second-order valence-corrected chi connectivity index (χ2v) is 6.07. The van der Waals surface area contributed by atoms with Crippen molar-refractivity contribution in [3.8, 4) is 0 Å². The molecule has 0 spiro atoms. The molecule has 2 aromatic carbocycles. The van der Waals surface area contributed by atoms with Gasteiger partial charge in [-0.05, 0) is 42.8 Å². The molecular formula is C14H14F2N2O2S. The van der Waals surface area contributed by atoms with E-state index in [9.17, 15) is 17.2 Å². The maximum atomic E-state index is 13.5. The summed E-state index contributed by atoms with van der Waals surface area (Å²) in [5.41, 5.74) is 5.60. The van der Waals surface area contributed by atoms with Crippen LogP contribution >= 0.6 is 0 Å². The number of rotatable bonds is 5. The molecule has 0 unspecified atom stereocenters. The molecule has 7 heteroatoms. The summed E-state index contributed by atoms with van der Waals surface area (Å²) >= 11 is 0. The monoisotopic (exact) mass is 312 g/mol. The van der Waals surface area contributed by atoms with Crippen LogP contribution in [-0.2, 0) is 16.4 Å². The van der Waals surface area contributed by atoms with Gasteiger partial charge in [-0.15, -0.1) is 0 Å². The van der Waals surface area contributed by atoms with Gasteiger partial charge < -0.3 is 5.73 Å². The van der Waals surface area contributed by atoms with Crippen LogP contribution in [0.5, 0.6) is 0 Å². The van der Waals surface area contributed by atoms with E-state index in [1.165, 1.54) is 12.1 Å². The van der Waals surface area contributed by atoms with E-state index >= 15 is 0 Å². The molecular weight excluding hydrogens is 298 g/mol. The second kappa shape index (κ2) is 6.19. The SMILES string of the molecule is NCCc1ccc(S(=O)(=O)Nc2c(F)cccc2F)cc1. The molecule has 0 heterocycles. The Morgan fingerprint density at radius 2 is 1.57 bits per heavy atom. The van der Waals surface area contributed by atoms with Crippen molar-refractivity contribution in [2.45, 2.75) is 11.3 Å². The van der Waals surface area contributed by atoms with E-state index in [0.29, 0.717) is 13.0 Å². The van der Waals surface area contributed by atoms with Gasteiger partial charge in [-0.25, -0.2) is 17.2 Å². The molecule has 21 heavy (non-hydrogen) atoms. The summed E-state index contributed by atoms with van der Waals surface area (Å²) in [6.07, 6.45) is 0.621. The predicted octanol–water partition coefficient (Wildman–Crippen LogP) is 2.27. The van der Waals surface area contributed by atoms with Crippen LogP contribution < -0.4 is 10.5 Å². The Hall–Kier alpha value is -1.99. The largest absolute Gasteiger partial charge is 0.330 e. The van der Waals surface area contributed by atoms with Gasteiger partial charge in [0.25, 0.3) is 10.0 Å². The van der Waals surface area contributed by atoms with Crippen LogP contribution in [0.1, 0.15) is 5.56 Å². The van der Waals surface area contributed by atoms with E-state index in [4.69, 9.17) is 5.73 Å². The van der Waals surface area contributed by atoms with E-state index in [2.05, 4.69) is 0 Å². The van der Waals surface area contributed by atoms with Crippen molar-refractivity contribution >= 4 is 15.7 Å². The number of anilines is 1. The van der Waals surface area contributed by atoms with Crippen LogP contribution in [0.15, 0.2) is 47.4 Å². The molecule has 0 aromatic heterocycles. The predicted molar refractivity (Wildman–Crippen MR) is 76.4 cm³/mol. The summed E-state index contributed by atoms with van der Waals surface area (Å²) in [7, 11) is -4.05. The highest BCUT2D eigenvalue weighted by Gasteiger charge is 2.18. The molecule has 4 nitrogen and oxygen atoms in total. The van der Waals surface area contributed by atoms with Gasteiger partial charge in [0.2, 0.25) is 0 Å². The van der Waals surface area contributed by atoms with Crippen LogP contribution in [0.4, 0.5) is 14.5 Å². The minimum atomic E-state index is -4.05.